The van der Waals surface area contributed by atoms with E-state index in [0.29, 0.717) is 19.8 Å². The molecule has 0 spiro atoms. The van der Waals surface area contributed by atoms with Crippen LogP contribution in [0.2, 0.25) is 0 Å². The number of hydrogen-bond acceptors (Lipinski definition) is 2. The fourth-order valence-corrected chi connectivity index (χ4v) is 1.34. The van der Waals surface area contributed by atoms with Crippen LogP contribution in [0.3, 0.4) is 0 Å². The van der Waals surface area contributed by atoms with E-state index in [4.69, 9.17) is 10.5 Å². The zero-order chi connectivity index (χ0) is 9.03. The molecule has 1 aliphatic heterocycles. The Balaban J connectivity index is 2.81. The molecule has 0 atom stereocenters. The predicted molar refractivity (Wildman–Crippen MR) is 50.8 cm³/mol. The second-order valence-electron chi connectivity index (χ2n) is 3.04. The van der Waals surface area contributed by atoms with E-state index in [-0.39, 0.29) is 5.41 Å². The largest absolute Gasteiger partial charge is 0.379 e. The van der Waals surface area contributed by atoms with E-state index in [1.54, 1.807) is 6.08 Å². The van der Waals surface area contributed by atoms with Crippen LogP contribution >= 0.6 is 0 Å². The minimum Gasteiger partial charge on any atom is -0.379 e. The number of nitrogens with two attached hydrogens (primary N) is 1. The van der Waals surface area contributed by atoms with E-state index in [2.05, 4.69) is 13.2 Å². The molecule has 12 heavy (non-hydrogen) atoms. The molecule has 66 valence electrons. The van der Waals surface area contributed by atoms with Crippen LogP contribution in [0.25, 0.3) is 0 Å². The maximum Gasteiger partial charge on any atom is 0.0597 e. The third-order valence-electron chi connectivity index (χ3n) is 2.28. The summed E-state index contributed by atoms with van der Waals surface area (Å²) in [6.07, 6.45) is 5.53. The van der Waals surface area contributed by atoms with Gasteiger partial charge in [0.15, 0.2) is 0 Å². The predicted octanol–water partition coefficient (Wildman–Crippen LogP) is 1.26. The van der Waals surface area contributed by atoms with Gasteiger partial charge in [0.25, 0.3) is 0 Å². The van der Waals surface area contributed by atoms with Gasteiger partial charge in [-0.1, -0.05) is 31.4 Å². The highest BCUT2D eigenvalue weighted by atomic mass is 16.5. The summed E-state index contributed by atoms with van der Waals surface area (Å²) in [5.41, 5.74) is 6.81. The maximum absolute atomic E-state index is 5.67. The fourth-order valence-electron chi connectivity index (χ4n) is 1.34. The molecule has 0 aromatic heterocycles. The second-order valence-corrected chi connectivity index (χ2v) is 3.04. The Hall–Kier alpha value is -0.860. The summed E-state index contributed by atoms with van der Waals surface area (Å²) in [4.78, 5) is 0. The van der Waals surface area contributed by atoms with E-state index in [1.165, 1.54) is 0 Å². The maximum atomic E-state index is 5.67. The van der Waals surface area contributed by atoms with Gasteiger partial charge in [-0.15, -0.1) is 0 Å². The summed E-state index contributed by atoms with van der Waals surface area (Å²) in [5, 5.41) is 0. The molecular weight excluding hydrogens is 150 g/mol. The summed E-state index contributed by atoms with van der Waals surface area (Å²) in [6, 6.07) is 0. The van der Waals surface area contributed by atoms with Crippen molar-refractivity contribution in [2.75, 3.05) is 19.8 Å². The lowest BCUT2D eigenvalue weighted by Crippen LogP contribution is -2.49. The molecule has 0 bridgehead atoms. The summed E-state index contributed by atoms with van der Waals surface area (Å²) in [7, 11) is 0. The Labute approximate surface area is 73.4 Å². The van der Waals surface area contributed by atoms with Crippen LogP contribution in [0, 0.1) is 5.41 Å². The van der Waals surface area contributed by atoms with Crippen molar-refractivity contribution in [2.24, 2.45) is 11.1 Å². The van der Waals surface area contributed by atoms with Gasteiger partial charge in [0.05, 0.1) is 18.6 Å². The molecule has 0 aromatic rings. The van der Waals surface area contributed by atoms with Crippen molar-refractivity contribution in [1.29, 1.82) is 0 Å². The number of hydrogen-bond donors (Lipinski definition) is 1. The van der Waals surface area contributed by atoms with E-state index < -0.39 is 0 Å². The molecule has 0 amide bonds. The normalized spacial score (nSPS) is 21.2. The zero-order valence-electron chi connectivity index (χ0n) is 7.25. The molecule has 1 rings (SSSR count). The topological polar surface area (TPSA) is 35.2 Å². The van der Waals surface area contributed by atoms with Gasteiger partial charge >= 0.3 is 0 Å². The third kappa shape index (κ3) is 1.36. The molecule has 1 aliphatic rings. The van der Waals surface area contributed by atoms with E-state index in [9.17, 15) is 0 Å². The van der Waals surface area contributed by atoms with E-state index in [1.807, 2.05) is 12.2 Å². The Morgan fingerprint density at radius 1 is 1.50 bits per heavy atom. The molecule has 0 radical (unpaired) electrons. The van der Waals surface area contributed by atoms with Gasteiger partial charge in [-0.2, -0.15) is 0 Å². The average Bonchev–Trinajstić information content (AvgIpc) is 2.02. The molecule has 2 N–H and O–H groups in total. The first-order chi connectivity index (χ1) is 5.79. The summed E-state index contributed by atoms with van der Waals surface area (Å²) in [5.74, 6) is 0. The lowest BCUT2D eigenvalue weighted by atomic mass is 9.78. The number of rotatable bonds is 4. The summed E-state index contributed by atoms with van der Waals surface area (Å²) < 4.78 is 5.16. The molecule has 0 unspecified atom stereocenters. The molecule has 1 heterocycles. The van der Waals surface area contributed by atoms with Crippen LogP contribution in [0.5, 0.6) is 0 Å². The Morgan fingerprint density at radius 2 is 2.17 bits per heavy atom. The molecule has 0 aliphatic carbocycles. The Kier molecular flexibility index (Phi) is 2.84. The monoisotopic (exact) mass is 165 g/mol. The van der Waals surface area contributed by atoms with Crippen LogP contribution in [0.15, 0.2) is 37.0 Å². The minimum absolute atomic E-state index is 0.00986. The molecule has 0 saturated carbocycles. The van der Waals surface area contributed by atoms with Crippen LogP contribution < -0.4 is 5.73 Å². The highest BCUT2D eigenvalue weighted by molar-refractivity contribution is 5.31. The molecule has 0 aromatic carbocycles. The van der Waals surface area contributed by atoms with Crippen LogP contribution in [-0.2, 0) is 4.74 Å². The van der Waals surface area contributed by atoms with Crippen LogP contribution in [-0.4, -0.2) is 19.8 Å². The van der Waals surface area contributed by atoms with Gasteiger partial charge in [0, 0.05) is 6.54 Å². The van der Waals surface area contributed by atoms with Gasteiger partial charge in [-0.25, -0.2) is 0 Å². The number of ether oxygens (including phenoxy) is 1. The van der Waals surface area contributed by atoms with Crippen LogP contribution in [0.1, 0.15) is 0 Å². The van der Waals surface area contributed by atoms with Gasteiger partial charge in [0.2, 0.25) is 0 Å². The van der Waals surface area contributed by atoms with Crippen LogP contribution in [0.4, 0.5) is 0 Å². The smallest absolute Gasteiger partial charge is 0.0597 e. The zero-order valence-corrected chi connectivity index (χ0v) is 7.25. The van der Waals surface area contributed by atoms with Crippen molar-refractivity contribution in [3.05, 3.63) is 37.0 Å². The van der Waals surface area contributed by atoms with Gasteiger partial charge < -0.3 is 10.5 Å². The molecule has 2 nitrogen and oxygen atoms in total. The molecular formula is C10H15NO. The Morgan fingerprint density at radius 3 is 2.42 bits per heavy atom. The lowest BCUT2D eigenvalue weighted by molar-refractivity contribution is -0.0811. The molecule has 1 fully saturated rings. The lowest BCUT2D eigenvalue weighted by Gasteiger charge is -2.41. The first-order valence-electron chi connectivity index (χ1n) is 4.02. The van der Waals surface area contributed by atoms with E-state index in [0.717, 1.165) is 5.57 Å². The van der Waals surface area contributed by atoms with Crippen molar-refractivity contribution >= 4 is 0 Å². The fraction of sp³-hybridized carbons (Fsp3) is 0.400. The Bertz CT molecular complexity index is 208. The first kappa shape index (κ1) is 9.23. The highest BCUT2D eigenvalue weighted by Crippen LogP contribution is 2.35. The first-order valence-corrected chi connectivity index (χ1v) is 4.02. The standard InChI is InChI=1S/C10H15NO/c1-3-5-9(4-2)10(6-11)7-12-8-10/h3-5H,1-2,6-8,11H2/b9-5+. The summed E-state index contributed by atoms with van der Waals surface area (Å²) in [6.45, 7) is 9.41. The minimum atomic E-state index is 0.00986. The third-order valence-corrected chi connectivity index (χ3v) is 2.28. The van der Waals surface area contributed by atoms with Gasteiger partial charge in [-0.3, -0.25) is 0 Å². The van der Waals surface area contributed by atoms with Gasteiger partial charge in [-0.05, 0) is 5.57 Å². The second kappa shape index (κ2) is 3.70. The van der Waals surface area contributed by atoms with Gasteiger partial charge in [0.1, 0.15) is 0 Å². The average molecular weight is 165 g/mol. The van der Waals surface area contributed by atoms with E-state index >= 15 is 0 Å². The van der Waals surface area contributed by atoms with Crippen molar-refractivity contribution in [3.8, 4) is 0 Å². The number of allylic oxidation sites excluding steroid dienone is 3. The molecule has 2 heteroatoms. The van der Waals surface area contributed by atoms with Crippen molar-refractivity contribution in [3.63, 3.8) is 0 Å². The van der Waals surface area contributed by atoms with Crippen molar-refractivity contribution in [2.45, 2.75) is 0 Å². The van der Waals surface area contributed by atoms with Crippen molar-refractivity contribution < 1.29 is 4.74 Å². The highest BCUT2D eigenvalue weighted by Gasteiger charge is 2.39. The van der Waals surface area contributed by atoms with Crippen molar-refractivity contribution in [1.82, 2.24) is 0 Å². The summed E-state index contributed by atoms with van der Waals surface area (Å²) >= 11 is 0. The quantitative estimate of drug-likeness (QED) is 0.636. The SMILES string of the molecule is C=C/C=C(\C=C)C1(CN)COC1. The molecule has 1 saturated heterocycles.